The van der Waals surface area contributed by atoms with Crippen LogP contribution in [0, 0.1) is 10.1 Å². The van der Waals surface area contributed by atoms with Crippen molar-refractivity contribution in [1.82, 2.24) is 9.21 Å². The Morgan fingerprint density at radius 3 is 2.20 bits per heavy atom. The number of rotatable bonds is 5. The van der Waals surface area contributed by atoms with Crippen LogP contribution in [0.5, 0.6) is 0 Å². The maximum Gasteiger partial charge on any atom is 0.269 e. The van der Waals surface area contributed by atoms with E-state index < -0.39 is 14.9 Å². The van der Waals surface area contributed by atoms with Crippen LogP contribution < -0.4 is 4.90 Å². The van der Waals surface area contributed by atoms with E-state index in [0.29, 0.717) is 26.2 Å². The summed E-state index contributed by atoms with van der Waals surface area (Å²) in [5.74, 6) is -0.334. The van der Waals surface area contributed by atoms with Gasteiger partial charge in [-0.25, -0.2) is 12.7 Å². The Kier molecular flexibility index (Phi) is 6.30. The summed E-state index contributed by atoms with van der Waals surface area (Å²) >= 11 is 6.18. The molecule has 30 heavy (non-hydrogen) atoms. The highest BCUT2D eigenvalue weighted by Crippen LogP contribution is 2.25. The van der Waals surface area contributed by atoms with Crippen LogP contribution in [0.25, 0.3) is 0 Å². The molecule has 1 saturated heterocycles. The van der Waals surface area contributed by atoms with Gasteiger partial charge < -0.3 is 9.80 Å². The van der Waals surface area contributed by atoms with Gasteiger partial charge in [0, 0.05) is 58.1 Å². The van der Waals surface area contributed by atoms with Crippen LogP contribution in [-0.4, -0.2) is 68.7 Å². The number of nitro benzene ring substituents is 1. The molecule has 1 aliphatic heterocycles. The van der Waals surface area contributed by atoms with Gasteiger partial charge in [-0.15, -0.1) is 0 Å². The number of sulfonamides is 1. The van der Waals surface area contributed by atoms with Crippen molar-refractivity contribution < 1.29 is 18.1 Å². The molecule has 9 nitrogen and oxygen atoms in total. The number of nitro groups is 1. The van der Waals surface area contributed by atoms with Crippen LogP contribution in [0.4, 0.5) is 11.4 Å². The quantitative estimate of drug-likeness (QED) is 0.509. The SMILES string of the molecule is CN(C)S(=O)(=O)c1ccc(Cl)c(C(=O)N2CCN(c3ccc([N+](=O)[O-])cc3)CC2)c1. The molecule has 2 aromatic rings. The summed E-state index contributed by atoms with van der Waals surface area (Å²) in [5, 5.41) is 11.0. The average Bonchev–Trinajstić information content (AvgIpc) is 2.73. The monoisotopic (exact) mass is 452 g/mol. The van der Waals surface area contributed by atoms with Gasteiger partial charge in [0.15, 0.2) is 0 Å². The van der Waals surface area contributed by atoms with E-state index in [0.717, 1.165) is 9.99 Å². The third-order valence-electron chi connectivity index (χ3n) is 4.94. The van der Waals surface area contributed by atoms with Crippen LogP contribution in [0.2, 0.25) is 5.02 Å². The summed E-state index contributed by atoms with van der Waals surface area (Å²) in [6.07, 6.45) is 0. The van der Waals surface area contributed by atoms with E-state index in [1.807, 2.05) is 4.90 Å². The first-order valence-electron chi connectivity index (χ1n) is 9.12. The first-order valence-corrected chi connectivity index (χ1v) is 10.9. The smallest absolute Gasteiger partial charge is 0.269 e. The van der Waals surface area contributed by atoms with Gasteiger partial charge in [-0.2, -0.15) is 0 Å². The van der Waals surface area contributed by atoms with Gasteiger partial charge in [-0.3, -0.25) is 14.9 Å². The summed E-state index contributed by atoms with van der Waals surface area (Å²) in [6.45, 7) is 1.90. The second-order valence-electron chi connectivity index (χ2n) is 6.98. The lowest BCUT2D eigenvalue weighted by Gasteiger charge is -2.36. The Morgan fingerprint density at radius 1 is 1.07 bits per heavy atom. The zero-order valence-corrected chi connectivity index (χ0v) is 18.1. The summed E-state index contributed by atoms with van der Waals surface area (Å²) in [5.41, 5.74) is 1.00. The number of benzene rings is 2. The second-order valence-corrected chi connectivity index (χ2v) is 9.54. The summed E-state index contributed by atoms with van der Waals surface area (Å²) in [4.78, 5) is 27.0. The number of non-ortho nitro benzene ring substituents is 1. The second kappa shape index (κ2) is 8.58. The predicted molar refractivity (Wildman–Crippen MR) is 114 cm³/mol. The fraction of sp³-hybridized carbons (Fsp3) is 0.316. The molecule has 0 spiro atoms. The molecule has 0 unspecified atom stereocenters. The zero-order valence-electron chi connectivity index (χ0n) is 16.5. The van der Waals surface area contributed by atoms with E-state index in [1.165, 1.54) is 44.4 Å². The van der Waals surface area contributed by atoms with Gasteiger partial charge >= 0.3 is 0 Å². The van der Waals surface area contributed by atoms with Gasteiger partial charge in [0.2, 0.25) is 10.0 Å². The highest BCUT2D eigenvalue weighted by molar-refractivity contribution is 7.89. The van der Waals surface area contributed by atoms with E-state index in [4.69, 9.17) is 11.6 Å². The number of halogens is 1. The van der Waals surface area contributed by atoms with Crippen molar-refractivity contribution in [2.75, 3.05) is 45.2 Å². The first-order chi connectivity index (χ1) is 14.1. The number of amides is 1. The number of carbonyl (C=O) groups excluding carboxylic acids is 1. The number of nitrogens with zero attached hydrogens (tertiary/aromatic N) is 4. The molecule has 3 rings (SSSR count). The molecule has 1 aliphatic rings. The van der Waals surface area contributed by atoms with E-state index >= 15 is 0 Å². The van der Waals surface area contributed by atoms with Crippen molar-refractivity contribution in [3.8, 4) is 0 Å². The minimum Gasteiger partial charge on any atom is -0.368 e. The molecule has 0 aromatic heterocycles. The molecule has 1 fully saturated rings. The first kappa shape index (κ1) is 22.0. The summed E-state index contributed by atoms with van der Waals surface area (Å²) in [6, 6.07) is 10.4. The van der Waals surface area contributed by atoms with Gasteiger partial charge in [-0.1, -0.05) is 11.6 Å². The lowest BCUT2D eigenvalue weighted by atomic mass is 10.1. The molecular formula is C19H21ClN4O5S. The van der Waals surface area contributed by atoms with Crippen LogP contribution in [0.1, 0.15) is 10.4 Å². The predicted octanol–water partition coefficient (Wildman–Crippen LogP) is 2.46. The fourth-order valence-corrected chi connectivity index (χ4v) is 4.29. The normalized spacial score (nSPS) is 14.8. The van der Waals surface area contributed by atoms with Gasteiger partial charge in [0.05, 0.1) is 20.4 Å². The Balaban J connectivity index is 1.73. The molecule has 2 aromatic carbocycles. The summed E-state index contributed by atoms with van der Waals surface area (Å²) in [7, 11) is -0.848. The molecule has 1 heterocycles. The lowest BCUT2D eigenvalue weighted by molar-refractivity contribution is -0.384. The Hall–Kier alpha value is -2.69. The van der Waals surface area contributed by atoms with Gasteiger partial charge in [0.25, 0.3) is 11.6 Å². The van der Waals surface area contributed by atoms with Crippen molar-refractivity contribution in [1.29, 1.82) is 0 Å². The minimum absolute atomic E-state index is 0.00441. The average molecular weight is 453 g/mol. The molecule has 0 radical (unpaired) electrons. The highest BCUT2D eigenvalue weighted by Gasteiger charge is 2.26. The minimum atomic E-state index is -3.69. The van der Waals surface area contributed by atoms with Crippen LogP contribution in [0.3, 0.4) is 0 Å². The Labute approximate surface area is 179 Å². The fourth-order valence-electron chi connectivity index (χ4n) is 3.16. The van der Waals surface area contributed by atoms with E-state index in [9.17, 15) is 23.3 Å². The van der Waals surface area contributed by atoms with Crippen LogP contribution >= 0.6 is 11.6 Å². The number of hydrogen-bond donors (Lipinski definition) is 0. The van der Waals surface area contributed by atoms with E-state index in [-0.39, 0.29) is 27.1 Å². The molecule has 11 heteroatoms. The topological polar surface area (TPSA) is 104 Å². The third kappa shape index (κ3) is 4.40. The maximum absolute atomic E-state index is 13.0. The largest absolute Gasteiger partial charge is 0.368 e. The molecular weight excluding hydrogens is 432 g/mol. The number of piperazine rings is 1. The summed E-state index contributed by atoms with van der Waals surface area (Å²) < 4.78 is 25.8. The lowest BCUT2D eigenvalue weighted by Crippen LogP contribution is -2.48. The Morgan fingerprint density at radius 2 is 1.67 bits per heavy atom. The molecule has 0 saturated carbocycles. The van der Waals surface area contributed by atoms with Crippen LogP contribution in [0.15, 0.2) is 47.4 Å². The maximum atomic E-state index is 13.0. The van der Waals surface area contributed by atoms with Crippen molar-refractivity contribution in [2.24, 2.45) is 0 Å². The zero-order chi connectivity index (χ0) is 22.1. The van der Waals surface area contributed by atoms with Crippen molar-refractivity contribution in [3.05, 3.63) is 63.2 Å². The molecule has 0 atom stereocenters. The number of carbonyl (C=O) groups is 1. The van der Waals surface area contributed by atoms with Gasteiger partial charge in [0.1, 0.15) is 0 Å². The standard InChI is InChI=1S/C19H21ClN4O5S/c1-21(2)30(28,29)16-7-8-18(20)17(13-16)19(25)23-11-9-22(10-12-23)14-3-5-15(6-4-14)24(26)27/h3-8,13H,9-12H2,1-2H3. The molecule has 0 aliphatic carbocycles. The van der Waals surface area contributed by atoms with Gasteiger partial charge in [-0.05, 0) is 30.3 Å². The van der Waals surface area contributed by atoms with Crippen molar-refractivity contribution in [3.63, 3.8) is 0 Å². The molecule has 160 valence electrons. The van der Waals surface area contributed by atoms with Crippen molar-refractivity contribution in [2.45, 2.75) is 4.90 Å². The molecule has 0 bridgehead atoms. The molecule has 0 N–H and O–H groups in total. The van der Waals surface area contributed by atoms with E-state index in [2.05, 4.69) is 0 Å². The number of hydrogen-bond acceptors (Lipinski definition) is 6. The molecule has 1 amide bonds. The van der Waals surface area contributed by atoms with Crippen LogP contribution in [-0.2, 0) is 10.0 Å². The van der Waals surface area contributed by atoms with Crippen molar-refractivity contribution >= 4 is 38.9 Å². The highest BCUT2D eigenvalue weighted by atomic mass is 35.5. The number of anilines is 1. The van der Waals surface area contributed by atoms with E-state index in [1.54, 1.807) is 17.0 Å². The Bertz CT molecular complexity index is 1060. The third-order valence-corrected chi connectivity index (χ3v) is 7.08.